The van der Waals surface area contributed by atoms with Crippen LogP contribution in [0.25, 0.3) is 11.1 Å². The molecule has 0 spiro atoms. The average Bonchev–Trinajstić information content (AvgIpc) is 2.64. The summed E-state index contributed by atoms with van der Waals surface area (Å²) in [6, 6.07) is 16.4. The number of hydrogen-bond donors (Lipinski definition) is 1. The molecular weight excluding hydrogens is 721 g/mol. The van der Waals surface area contributed by atoms with Gasteiger partial charge in [0.2, 0.25) is 0 Å². The normalized spacial score (nSPS) is 11.3. The van der Waals surface area contributed by atoms with Crippen LogP contribution in [0, 0.1) is 10.7 Å². The molecule has 9 heteroatoms. The molecule has 0 aliphatic rings. The summed E-state index contributed by atoms with van der Waals surface area (Å²) in [5.74, 6) is -0.361. The standard InChI is InChI=1S/C19H11I3O5S/c20-12-8-15(18(22)16(21)9-12)19(23)27-13-6-7-17(28(24,25)26)14(10-13)11-4-2-1-3-5-11/h1-10H,(H,24,25,26). The first kappa shape index (κ1) is 21.9. The highest BCUT2D eigenvalue weighted by molar-refractivity contribution is 14.1. The molecule has 0 aliphatic carbocycles. The lowest BCUT2D eigenvalue weighted by Gasteiger charge is -2.12. The van der Waals surface area contributed by atoms with Crippen molar-refractivity contribution < 1.29 is 22.5 Å². The van der Waals surface area contributed by atoms with Crippen molar-refractivity contribution in [2.45, 2.75) is 4.90 Å². The summed E-state index contributed by atoms with van der Waals surface area (Å²) in [6.07, 6.45) is 0. The minimum atomic E-state index is -4.44. The van der Waals surface area contributed by atoms with E-state index in [-0.39, 0.29) is 16.2 Å². The molecule has 0 unspecified atom stereocenters. The predicted molar refractivity (Wildman–Crippen MR) is 131 cm³/mol. The number of esters is 1. The Hall–Kier alpha value is -0.770. The highest BCUT2D eigenvalue weighted by atomic mass is 127. The van der Waals surface area contributed by atoms with Crippen molar-refractivity contribution in [1.82, 2.24) is 0 Å². The van der Waals surface area contributed by atoms with E-state index in [9.17, 15) is 17.8 Å². The van der Waals surface area contributed by atoms with Crippen molar-refractivity contribution in [3.05, 3.63) is 76.9 Å². The number of halogens is 3. The van der Waals surface area contributed by atoms with Gasteiger partial charge in [0.25, 0.3) is 10.1 Å². The Morgan fingerprint density at radius 2 is 1.61 bits per heavy atom. The van der Waals surface area contributed by atoms with Gasteiger partial charge in [-0.3, -0.25) is 4.55 Å². The summed E-state index contributed by atoms with van der Waals surface area (Å²) in [7, 11) is -4.44. The van der Waals surface area contributed by atoms with Crippen LogP contribution in [0.2, 0.25) is 0 Å². The van der Waals surface area contributed by atoms with Crippen LogP contribution in [0.5, 0.6) is 5.75 Å². The molecule has 0 aliphatic heterocycles. The van der Waals surface area contributed by atoms with E-state index in [1.54, 1.807) is 36.4 Å². The van der Waals surface area contributed by atoms with E-state index < -0.39 is 16.1 Å². The molecule has 28 heavy (non-hydrogen) atoms. The zero-order chi connectivity index (χ0) is 20.5. The van der Waals surface area contributed by atoms with Gasteiger partial charge in [-0.25, -0.2) is 4.79 Å². The molecule has 0 saturated carbocycles. The second-order valence-corrected chi connectivity index (χ2v) is 10.5. The molecule has 0 aromatic heterocycles. The van der Waals surface area contributed by atoms with Crippen LogP contribution in [0.4, 0.5) is 0 Å². The fourth-order valence-corrected chi connectivity index (χ4v) is 5.58. The highest BCUT2D eigenvalue weighted by Gasteiger charge is 2.20. The second kappa shape index (κ2) is 8.93. The molecule has 3 aromatic rings. The topological polar surface area (TPSA) is 80.7 Å². The third kappa shape index (κ3) is 5.04. The fraction of sp³-hybridized carbons (Fsp3) is 0. The Kier molecular flexibility index (Phi) is 7.00. The zero-order valence-electron chi connectivity index (χ0n) is 13.9. The Labute approximate surface area is 203 Å². The van der Waals surface area contributed by atoms with Gasteiger partial charge in [-0.1, -0.05) is 30.3 Å². The van der Waals surface area contributed by atoms with E-state index in [1.165, 1.54) is 18.2 Å². The number of benzene rings is 3. The minimum absolute atomic E-state index is 0.181. The Morgan fingerprint density at radius 1 is 0.929 bits per heavy atom. The summed E-state index contributed by atoms with van der Waals surface area (Å²) < 4.78 is 41.1. The van der Waals surface area contributed by atoms with Crippen molar-refractivity contribution in [3.8, 4) is 16.9 Å². The summed E-state index contributed by atoms with van der Waals surface area (Å²) in [6.45, 7) is 0. The number of ether oxygens (including phenoxy) is 1. The molecule has 0 fully saturated rings. The molecular formula is C19H11I3O5S. The van der Waals surface area contributed by atoms with Crippen molar-refractivity contribution in [1.29, 1.82) is 0 Å². The third-order valence-corrected chi connectivity index (χ3v) is 8.32. The van der Waals surface area contributed by atoms with Crippen LogP contribution in [0.15, 0.2) is 65.6 Å². The summed E-state index contributed by atoms with van der Waals surface area (Å²) >= 11 is 6.37. The zero-order valence-corrected chi connectivity index (χ0v) is 21.2. The smallest absolute Gasteiger partial charge is 0.344 e. The summed E-state index contributed by atoms with van der Waals surface area (Å²) in [4.78, 5) is 12.4. The van der Waals surface area contributed by atoms with Gasteiger partial charge in [0.1, 0.15) is 10.6 Å². The molecule has 5 nitrogen and oxygen atoms in total. The average molecular weight is 732 g/mol. The van der Waals surface area contributed by atoms with Crippen LogP contribution in [-0.4, -0.2) is 18.9 Å². The maximum absolute atomic E-state index is 12.7. The van der Waals surface area contributed by atoms with Gasteiger partial charge in [-0.2, -0.15) is 8.42 Å². The van der Waals surface area contributed by atoms with E-state index >= 15 is 0 Å². The maximum Gasteiger partial charge on any atom is 0.344 e. The molecule has 3 rings (SSSR count). The molecule has 0 amide bonds. The number of rotatable bonds is 4. The Morgan fingerprint density at radius 3 is 2.25 bits per heavy atom. The maximum atomic E-state index is 12.7. The molecule has 3 aromatic carbocycles. The van der Waals surface area contributed by atoms with E-state index in [1.807, 2.05) is 6.07 Å². The van der Waals surface area contributed by atoms with Crippen LogP contribution < -0.4 is 4.74 Å². The van der Waals surface area contributed by atoms with Crippen LogP contribution in [0.3, 0.4) is 0 Å². The fourth-order valence-electron chi connectivity index (χ4n) is 2.51. The SMILES string of the molecule is O=C(Oc1ccc(S(=O)(=O)O)c(-c2ccccc2)c1)c1cc(I)cc(I)c1I. The van der Waals surface area contributed by atoms with Crippen molar-refractivity contribution >= 4 is 83.9 Å². The number of hydrogen-bond acceptors (Lipinski definition) is 4. The van der Waals surface area contributed by atoms with Gasteiger partial charge in [0, 0.05) is 16.3 Å². The third-order valence-electron chi connectivity index (χ3n) is 3.74. The van der Waals surface area contributed by atoms with E-state index in [0.717, 1.165) is 10.7 Å². The van der Waals surface area contributed by atoms with Gasteiger partial charge in [0.05, 0.1) is 5.56 Å². The summed E-state index contributed by atoms with van der Waals surface area (Å²) in [5, 5.41) is 0. The number of carbonyl (C=O) groups excluding carboxylic acids is 1. The van der Waals surface area contributed by atoms with Crippen molar-refractivity contribution in [3.63, 3.8) is 0 Å². The van der Waals surface area contributed by atoms with Crippen LogP contribution in [-0.2, 0) is 10.1 Å². The molecule has 0 bridgehead atoms. The Balaban J connectivity index is 2.04. The van der Waals surface area contributed by atoms with E-state index in [4.69, 9.17) is 4.74 Å². The van der Waals surface area contributed by atoms with Crippen molar-refractivity contribution in [2.24, 2.45) is 0 Å². The lowest BCUT2D eigenvalue weighted by atomic mass is 10.1. The lowest BCUT2D eigenvalue weighted by Crippen LogP contribution is -2.12. The van der Waals surface area contributed by atoms with Gasteiger partial charge in [0.15, 0.2) is 0 Å². The minimum Gasteiger partial charge on any atom is -0.423 e. The largest absolute Gasteiger partial charge is 0.423 e. The van der Waals surface area contributed by atoms with Crippen LogP contribution >= 0.6 is 67.8 Å². The molecule has 144 valence electrons. The number of carbonyl (C=O) groups is 1. The first-order chi connectivity index (χ1) is 13.2. The molecule has 0 heterocycles. The first-order valence-corrected chi connectivity index (χ1v) is 12.4. The summed E-state index contributed by atoms with van der Waals surface area (Å²) in [5.41, 5.74) is 1.25. The van der Waals surface area contributed by atoms with E-state index in [0.29, 0.717) is 11.1 Å². The van der Waals surface area contributed by atoms with Crippen molar-refractivity contribution in [2.75, 3.05) is 0 Å². The van der Waals surface area contributed by atoms with Gasteiger partial charge in [-0.15, -0.1) is 0 Å². The Bertz CT molecular complexity index is 1160. The quantitative estimate of drug-likeness (QED) is 0.124. The van der Waals surface area contributed by atoms with E-state index in [2.05, 4.69) is 67.8 Å². The predicted octanol–water partition coefficient (Wildman–Crippen LogP) is 5.63. The molecule has 0 radical (unpaired) electrons. The molecule has 0 atom stereocenters. The lowest BCUT2D eigenvalue weighted by molar-refractivity contribution is 0.0733. The van der Waals surface area contributed by atoms with Crippen LogP contribution in [0.1, 0.15) is 10.4 Å². The first-order valence-electron chi connectivity index (χ1n) is 7.70. The molecule has 1 N–H and O–H groups in total. The van der Waals surface area contributed by atoms with Gasteiger partial charge >= 0.3 is 5.97 Å². The highest BCUT2D eigenvalue weighted by Crippen LogP contribution is 2.32. The second-order valence-electron chi connectivity index (χ2n) is 5.64. The van der Waals surface area contributed by atoms with Gasteiger partial charge < -0.3 is 4.74 Å². The van der Waals surface area contributed by atoms with Gasteiger partial charge in [-0.05, 0) is 104 Å². The molecule has 0 saturated heterocycles. The monoisotopic (exact) mass is 732 g/mol.